The van der Waals surface area contributed by atoms with Crippen LogP contribution in [0.15, 0.2) is 75.7 Å². The van der Waals surface area contributed by atoms with Crippen LogP contribution in [0.1, 0.15) is 10.4 Å². The maximum Gasteiger partial charge on any atom is 0.252 e. The van der Waals surface area contributed by atoms with Gasteiger partial charge in [0.05, 0.1) is 12.0 Å². The van der Waals surface area contributed by atoms with E-state index >= 15 is 0 Å². The minimum atomic E-state index is -3.98. The van der Waals surface area contributed by atoms with Gasteiger partial charge < -0.3 is 9.72 Å². The minimum Gasteiger partial charge on any atom is -0.497 e. The topological polar surface area (TPSA) is 79.5 Å². The number of nitrogens with one attached hydrogen (secondary N) is 1. The molecule has 2 aromatic carbocycles. The van der Waals surface area contributed by atoms with Crippen LogP contribution in [0.5, 0.6) is 5.75 Å². The number of aromatic nitrogens is 1. The van der Waals surface area contributed by atoms with E-state index in [-0.39, 0.29) is 23.5 Å². The Kier molecular flexibility index (Phi) is 5.90. The lowest BCUT2D eigenvalue weighted by atomic mass is 10.1. The molecule has 0 aliphatic carbocycles. The number of nitrogens with zero attached hydrogens (tertiary/aromatic N) is 1. The van der Waals surface area contributed by atoms with E-state index in [2.05, 4.69) is 4.98 Å². The van der Waals surface area contributed by atoms with Crippen LogP contribution in [-0.2, 0) is 23.1 Å². The smallest absolute Gasteiger partial charge is 0.252 e. The summed E-state index contributed by atoms with van der Waals surface area (Å²) in [6.07, 6.45) is 0. The molecule has 0 saturated carbocycles. The third kappa shape index (κ3) is 4.53. The summed E-state index contributed by atoms with van der Waals surface area (Å²) in [4.78, 5) is 16.3. The first kappa shape index (κ1) is 21.2. The molecule has 0 bridgehead atoms. The predicted octanol–water partition coefficient (Wildman–Crippen LogP) is 4.13. The van der Waals surface area contributed by atoms with Crippen LogP contribution in [0.4, 0.5) is 4.39 Å². The van der Waals surface area contributed by atoms with Gasteiger partial charge in [-0.3, -0.25) is 4.79 Å². The summed E-state index contributed by atoms with van der Waals surface area (Å²) < 4.78 is 46.4. The quantitative estimate of drug-likeness (QED) is 0.452. The molecule has 160 valence electrons. The van der Waals surface area contributed by atoms with Crippen LogP contribution in [0.2, 0.25) is 0 Å². The minimum absolute atomic E-state index is 0.0376. The Morgan fingerprint density at radius 3 is 2.52 bits per heavy atom. The third-order valence-electron chi connectivity index (χ3n) is 4.84. The zero-order valence-corrected chi connectivity index (χ0v) is 18.2. The number of fused-ring (bicyclic) bond motifs is 1. The molecule has 31 heavy (non-hydrogen) atoms. The maximum absolute atomic E-state index is 13.3. The third-order valence-corrected chi connectivity index (χ3v) is 7.51. The van der Waals surface area contributed by atoms with Crippen molar-refractivity contribution in [3.05, 3.63) is 92.7 Å². The number of halogens is 1. The second-order valence-electron chi connectivity index (χ2n) is 6.88. The number of hydrogen-bond acceptors (Lipinski definition) is 5. The Bertz CT molecular complexity index is 1370. The first-order valence-electron chi connectivity index (χ1n) is 9.35. The molecule has 0 saturated heterocycles. The fraction of sp³-hybridized carbons (Fsp3) is 0.136. The lowest BCUT2D eigenvalue weighted by Gasteiger charge is -2.22. The second kappa shape index (κ2) is 8.62. The van der Waals surface area contributed by atoms with Gasteiger partial charge in [-0.25, -0.2) is 12.8 Å². The largest absolute Gasteiger partial charge is 0.497 e. The molecule has 4 rings (SSSR count). The second-order valence-corrected chi connectivity index (χ2v) is 9.85. The molecule has 1 N–H and O–H groups in total. The molecule has 0 radical (unpaired) electrons. The van der Waals surface area contributed by atoms with Gasteiger partial charge in [0.15, 0.2) is 0 Å². The zero-order valence-electron chi connectivity index (χ0n) is 16.5. The van der Waals surface area contributed by atoms with Crippen molar-refractivity contribution in [1.82, 2.24) is 9.29 Å². The van der Waals surface area contributed by atoms with E-state index < -0.39 is 15.8 Å². The van der Waals surface area contributed by atoms with Crippen molar-refractivity contribution in [3.8, 4) is 5.75 Å². The molecular formula is C22H19FN2O4S2. The Morgan fingerprint density at radius 2 is 1.84 bits per heavy atom. The Labute approximate surface area is 182 Å². The van der Waals surface area contributed by atoms with Gasteiger partial charge in [-0.15, -0.1) is 11.3 Å². The van der Waals surface area contributed by atoms with Crippen molar-refractivity contribution in [2.75, 3.05) is 7.11 Å². The number of aromatic amines is 1. The SMILES string of the molecule is COc1ccc2[nH]c(=O)c(CN(Cc3cccs3)S(=O)(=O)c3ccc(F)cc3)cc2c1. The van der Waals surface area contributed by atoms with Crippen molar-refractivity contribution in [2.45, 2.75) is 18.0 Å². The van der Waals surface area contributed by atoms with Crippen LogP contribution in [0.25, 0.3) is 10.9 Å². The molecule has 4 aromatic rings. The monoisotopic (exact) mass is 458 g/mol. The highest BCUT2D eigenvalue weighted by atomic mass is 32.2. The van der Waals surface area contributed by atoms with Crippen molar-refractivity contribution < 1.29 is 17.5 Å². The van der Waals surface area contributed by atoms with Gasteiger partial charge in [0.1, 0.15) is 11.6 Å². The van der Waals surface area contributed by atoms with Gasteiger partial charge in [-0.05, 0) is 60.0 Å². The number of benzene rings is 2. The fourth-order valence-electron chi connectivity index (χ4n) is 3.22. The predicted molar refractivity (Wildman–Crippen MR) is 118 cm³/mol. The van der Waals surface area contributed by atoms with E-state index in [1.165, 1.54) is 27.8 Å². The Hall–Kier alpha value is -3.01. The standard InChI is InChI=1S/C22H19FN2O4S2/c1-29-18-6-9-21-15(12-18)11-16(22(26)24-21)13-25(14-19-3-2-10-30-19)31(27,28)20-7-4-17(23)5-8-20/h2-12H,13-14H2,1H3,(H,24,26). The summed E-state index contributed by atoms with van der Waals surface area (Å²) in [5.74, 6) is 0.101. The van der Waals surface area contributed by atoms with Gasteiger partial charge in [-0.2, -0.15) is 4.31 Å². The van der Waals surface area contributed by atoms with Crippen molar-refractivity contribution >= 4 is 32.3 Å². The van der Waals surface area contributed by atoms with E-state index in [1.807, 2.05) is 17.5 Å². The number of rotatable bonds is 7. The molecule has 0 aliphatic heterocycles. The Balaban J connectivity index is 1.76. The van der Waals surface area contributed by atoms with Crippen molar-refractivity contribution in [2.24, 2.45) is 0 Å². The molecule has 2 aromatic heterocycles. The number of hydrogen-bond donors (Lipinski definition) is 1. The van der Waals surface area contributed by atoms with Gasteiger partial charge >= 0.3 is 0 Å². The Morgan fingerprint density at radius 1 is 1.06 bits per heavy atom. The molecule has 6 nitrogen and oxygen atoms in total. The average molecular weight is 459 g/mol. The zero-order chi connectivity index (χ0) is 22.0. The number of sulfonamides is 1. The number of pyridine rings is 1. The lowest BCUT2D eigenvalue weighted by Crippen LogP contribution is -2.32. The summed E-state index contributed by atoms with van der Waals surface area (Å²) in [6.45, 7) is -0.0486. The summed E-state index contributed by atoms with van der Waals surface area (Å²) in [5.41, 5.74) is 0.548. The van der Waals surface area contributed by atoms with Gasteiger partial charge in [-0.1, -0.05) is 6.07 Å². The van der Waals surface area contributed by atoms with Crippen molar-refractivity contribution in [1.29, 1.82) is 0 Å². The van der Waals surface area contributed by atoms with E-state index in [4.69, 9.17) is 4.74 Å². The highest BCUT2D eigenvalue weighted by Crippen LogP contribution is 2.24. The normalized spacial score (nSPS) is 11.8. The van der Waals surface area contributed by atoms with Crippen LogP contribution in [0.3, 0.4) is 0 Å². The molecule has 0 spiro atoms. The van der Waals surface area contributed by atoms with E-state index in [0.717, 1.165) is 22.4 Å². The first-order valence-corrected chi connectivity index (χ1v) is 11.7. The summed E-state index contributed by atoms with van der Waals surface area (Å²) >= 11 is 1.42. The summed E-state index contributed by atoms with van der Waals surface area (Å²) in [5, 5.41) is 2.58. The van der Waals surface area contributed by atoms with Crippen LogP contribution in [-0.4, -0.2) is 24.8 Å². The van der Waals surface area contributed by atoms with Crippen LogP contribution < -0.4 is 10.3 Å². The molecule has 0 atom stereocenters. The molecular weight excluding hydrogens is 439 g/mol. The molecule has 0 unspecified atom stereocenters. The van der Waals surface area contributed by atoms with Crippen molar-refractivity contribution in [3.63, 3.8) is 0 Å². The first-order chi connectivity index (χ1) is 14.9. The molecule has 2 heterocycles. The molecule has 0 fully saturated rings. The number of H-pyrrole nitrogens is 1. The summed E-state index contributed by atoms with van der Waals surface area (Å²) in [6, 6.07) is 15.2. The van der Waals surface area contributed by atoms with Crippen LogP contribution in [0, 0.1) is 5.82 Å². The van der Waals surface area contributed by atoms with Crippen LogP contribution >= 0.6 is 11.3 Å². The van der Waals surface area contributed by atoms with Gasteiger partial charge in [0, 0.05) is 34.4 Å². The number of ether oxygens (including phenoxy) is 1. The van der Waals surface area contributed by atoms with E-state index in [0.29, 0.717) is 16.8 Å². The fourth-order valence-corrected chi connectivity index (χ4v) is 5.42. The number of thiophene rings is 1. The molecule has 0 amide bonds. The highest BCUT2D eigenvalue weighted by Gasteiger charge is 2.26. The average Bonchev–Trinajstić information content (AvgIpc) is 3.27. The molecule has 9 heteroatoms. The lowest BCUT2D eigenvalue weighted by molar-refractivity contribution is 0.402. The van der Waals surface area contributed by atoms with Gasteiger partial charge in [0.2, 0.25) is 10.0 Å². The summed E-state index contributed by atoms with van der Waals surface area (Å²) in [7, 11) is -2.43. The van der Waals surface area contributed by atoms with E-state index in [1.54, 1.807) is 31.4 Å². The van der Waals surface area contributed by atoms with Gasteiger partial charge in [0.25, 0.3) is 5.56 Å². The maximum atomic E-state index is 13.3. The molecule has 0 aliphatic rings. The van der Waals surface area contributed by atoms with E-state index in [9.17, 15) is 17.6 Å². The highest BCUT2D eigenvalue weighted by molar-refractivity contribution is 7.89. The number of methoxy groups -OCH3 is 1.